The summed E-state index contributed by atoms with van der Waals surface area (Å²) in [5, 5.41) is 0. The monoisotopic (exact) mass is 434 g/mol. The summed E-state index contributed by atoms with van der Waals surface area (Å²) < 4.78 is 0. The summed E-state index contributed by atoms with van der Waals surface area (Å²) in [7, 11) is 0. The van der Waals surface area contributed by atoms with E-state index in [1.807, 2.05) is 53.6 Å². The lowest BCUT2D eigenvalue weighted by Gasteiger charge is -2.23. The Bertz CT molecular complexity index is 1320. The van der Waals surface area contributed by atoms with Crippen molar-refractivity contribution in [3.05, 3.63) is 90.1 Å². The maximum atomic E-state index is 13.5. The zero-order chi connectivity index (χ0) is 22.4. The van der Waals surface area contributed by atoms with Gasteiger partial charge in [0.25, 0.3) is 5.91 Å². The Morgan fingerprint density at radius 1 is 0.818 bits per heavy atom. The fourth-order valence-electron chi connectivity index (χ4n) is 5.27. The van der Waals surface area contributed by atoms with Gasteiger partial charge in [0.15, 0.2) is 0 Å². The number of amides is 1. The van der Waals surface area contributed by atoms with Gasteiger partial charge in [-0.2, -0.15) is 0 Å². The molecule has 5 nitrogen and oxygen atoms in total. The third-order valence-electron chi connectivity index (χ3n) is 7.05. The molecule has 164 valence electrons. The average Bonchev–Trinajstić information content (AvgIpc) is 3.44. The number of hydrogen-bond acceptors (Lipinski definition) is 4. The van der Waals surface area contributed by atoms with Crippen molar-refractivity contribution in [2.24, 2.45) is 11.8 Å². The Kier molecular flexibility index (Phi) is 4.83. The fraction of sp³-hybridized carbons (Fsp3) is 0.250. The molecule has 1 aromatic heterocycles. The van der Waals surface area contributed by atoms with Gasteiger partial charge in [0.1, 0.15) is 5.82 Å². The second-order valence-electron chi connectivity index (χ2n) is 9.26. The van der Waals surface area contributed by atoms with E-state index in [0.29, 0.717) is 11.8 Å². The van der Waals surface area contributed by atoms with E-state index in [1.165, 1.54) is 5.56 Å². The number of carbonyl (C=O) groups excluding carboxylic acids is 1. The lowest BCUT2D eigenvalue weighted by atomic mass is 9.98. The van der Waals surface area contributed by atoms with E-state index in [4.69, 9.17) is 4.98 Å². The summed E-state index contributed by atoms with van der Waals surface area (Å²) in [5.74, 6) is 2.01. The number of anilines is 1. The molecule has 0 bridgehead atoms. The van der Waals surface area contributed by atoms with Crippen LogP contribution < -0.4 is 4.90 Å². The number of fused-ring (bicyclic) bond motifs is 2. The van der Waals surface area contributed by atoms with Gasteiger partial charge in [-0.3, -0.25) is 9.78 Å². The average molecular weight is 435 g/mol. The Morgan fingerprint density at radius 3 is 2.24 bits per heavy atom. The Labute approximate surface area is 193 Å². The van der Waals surface area contributed by atoms with Crippen LogP contribution in [0.25, 0.3) is 22.2 Å². The van der Waals surface area contributed by atoms with Gasteiger partial charge >= 0.3 is 0 Å². The maximum absolute atomic E-state index is 13.5. The van der Waals surface area contributed by atoms with E-state index in [9.17, 15) is 4.79 Å². The van der Waals surface area contributed by atoms with Gasteiger partial charge in [-0.1, -0.05) is 60.2 Å². The second-order valence-corrected chi connectivity index (χ2v) is 9.26. The van der Waals surface area contributed by atoms with E-state index >= 15 is 0 Å². The molecule has 2 aliphatic rings. The molecule has 0 spiro atoms. The van der Waals surface area contributed by atoms with Crippen LogP contribution in [0.2, 0.25) is 0 Å². The number of hydrogen-bond donors (Lipinski definition) is 0. The fourth-order valence-corrected chi connectivity index (χ4v) is 5.27. The minimum Gasteiger partial charge on any atom is -0.355 e. The molecular formula is C28H26N4O. The SMILES string of the molecule is Cc1ccc(-c2ccccc2C(=O)N2CC3CN(c4cnc5ccccc5n4)CC3C2)cc1. The van der Waals surface area contributed by atoms with Crippen molar-refractivity contribution in [1.29, 1.82) is 0 Å². The highest BCUT2D eigenvalue weighted by Gasteiger charge is 2.42. The van der Waals surface area contributed by atoms with Crippen molar-refractivity contribution in [3.8, 4) is 11.1 Å². The van der Waals surface area contributed by atoms with Gasteiger partial charge < -0.3 is 9.80 Å². The highest BCUT2D eigenvalue weighted by molar-refractivity contribution is 6.01. The molecule has 2 atom stereocenters. The van der Waals surface area contributed by atoms with Crippen LogP contribution in [0.5, 0.6) is 0 Å². The Hall–Kier alpha value is -3.73. The number of nitrogens with zero attached hydrogens (tertiary/aromatic N) is 4. The van der Waals surface area contributed by atoms with E-state index < -0.39 is 0 Å². The smallest absolute Gasteiger partial charge is 0.254 e. The van der Waals surface area contributed by atoms with Gasteiger partial charge in [0, 0.05) is 43.6 Å². The standard InChI is InChI=1S/C28H26N4O/c1-19-10-12-20(13-11-19)23-6-2-3-7-24(23)28(33)32-17-21-15-31(16-22(21)18-32)27-14-29-25-8-4-5-9-26(25)30-27/h2-14,21-22H,15-18H2,1H3. The lowest BCUT2D eigenvalue weighted by Crippen LogP contribution is -2.33. The molecule has 3 aromatic carbocycles. The van der Waals surface area contributed by atoms with Gasteiger partial charge in [-0.05, 0) is 36.2 Å². The first-order chi connectivity index (χ1) is 16.2. The van der Waals surface area contributed by atoms with Crippen molar-refractivity contribution in [2.75, 3.05) is 31.1 Å². The number of rotatable bonds is 3. The number of carbonyl (C=O) groups is 1. The Balaban J connectivity index is 1.19. The molecule has 4 aromatic rings. The number of aromatic nitrogens is 2. The van der Waals surface area contributed by atoms with Crippen LogP contribution in [-0.2, 0) is 0 Å². The van der Waals surface area contributed by atoms with Gasteiger partial charge in [-0.25, -0.2) is 4.98 Å². The maximum Gasteiger partial charge on any atom is 0.254 e. The van der Waals surface area contributed by atoms with Crippen LogP contribution in [0.4, 0.5) is 5.82 Å². The van der Waals surface area contributed by atoms with E-state index in [0.717, 1.165) is 59.7 Å². The molecule has 33 heavy (non-hydrogen) atoms. The number of aryl methyl sites for hydroxylation is 1. The zero-order valence-electron chi connectivity index (χ0n) is 18.7. The molecule has 2 fully saturated rings. The summed E-state index contributed by atoms with van der Waals surface area (Å²) in [5.41, 5.74) is 5.95. The van der Waals surface area contributed by atoms with Crippen LogP contribution >= 0.6 is 0 Å². The molecule has 0 radical (unpaired) electrons. The summed E-state index contributed by atoms with van der Waals surface area (Å²) >= 11 is 0. The molecule has 6 rings (SSSR count). The number of benzene rings is 3. The van der Waals surface area contributed by atoms with Crippen LogP contribution in [-0.4, -0.2) is 47.0 Å². The summed E-state index contributed by atoms with van der Waals surface area (Å²) in [6.45, 7) is 5.51. The normalized spacial score (nSPS) is 19.8. The zero-order valence-corrected chi connectivity index (χ0v) is 18.7. The molecule has 1 amide bonds. The van der Waals surface area contributed by atoms with Gasteiger partial charge in [0.05, 0.1) is 17.2 Å². The van der Waals surface area contributed by atoms with E-state index in [-0.39, 0.29) is 5.91 Å². The van der Waals surface area contributed by atoms with Crippen molar-refractivity contribution in [3.63, 3.8) is 0 Å². The summed E-state index contributed by atoms with van der Waals surface area (Å²) in [6.07, 6.45) is 1.88. The van der Waals surface area contributed by atoms with Crippen molar-refractivity contribution in [1.82, 2.24) is 14.9 Å². The largest absolute Gasteiger partial charge is 0.355 e. The van der Waals surface area contributed by atoms with Gasteiger partial charge in [0.2, 0.25) is 0 Å². The molecule has 5 heteroatoms. The third-order valence-corrected chi connectivity index (χ3v) is 7.05. The van der Waals surface area contributed by atoms with Crippen LogP contribution in [0.15, 0.2) is 79.0 Å². The second kappa shape index (κ2) is 8.00. The molecular weight excluding hydrogens is 408 g/mol. The molecule has 2 aliphatic heterocycles. The third kappa shape index (κ3) is 3.63. The molecule has 0 saturated carbocycles. The molecule has 0 N–H and O–H groups in total. The van der Waals surface area contributed by atoms with Crippen LogP contribution in [0.3, 0.4) is 0 Å². The molecule has 2 unspecified atom stereocenters. The van der Waals surface area contributed by atoms with Crippen molar-refractivity contribution in [2.45, 2.75) is 6.92 Å². The number of para-hydroxylation sites is 2. The predicted molar refractivity (Wildman–Crippen MR) is 131 cm³/mol. The highest BCUT2D eigenvalue weighted by atomic mass is 16.2. The lowest BCUT2D eigenvalue weighted by molar-refractivity contribution is 0.0783. The first-order valence-electron chi connectivity index (χ1n) is 11.6. The Morgan fingerprint density at radius 2 is 1.48 bits per heavy atom. The topological polar surface area (TPSA) is 49.3 Å². The highest BCUT2D eigenvalue weighted by Crippen LogP contribution is 2.35. The van der Waals surface area contributed by atoms with Crippen LogP contribution in [0.1, 0.15) is 15.9 Å². The van der Waals surface area contributed by atoms with Crippen molar-refractivity contribution < 1.29 is 4.79 Å². The molecule has 0 aliphatic carbocycles. The van der Waals surface area contributed by atoms with E-state index in [1.54, 1.807) is 0 Å². The quantitative estimate of drug-likeness (QED) is 0.464. The minimum absolute atomic E-state index is 0.137. The minimum atomic E-state index is 0.137. The summed E-state index contributed by atoms with van der Waals surface area (Å²) in [4.78, 5) is 27.3. The van der Waals surface area contributed by atoms with Gasteiger partial charge in [-0.15, -0.1) is 0 Å². The van der Waals surface area contributed by atoms with E-state index in [2.05, 4.69) is 47.1 Å². The van der Waals surface area contributed by atoms with Crippen LogP contribution in [0, 0.1) is 18.8 Å². The first-order valence-corrected chi connectivity index (χ1v) is 11.6. The predicted octanol–water partition coefficient (Wildman–Crippen LogP) is 4.81. The van der Waals surface area contributed by atoms with Crippen molar-refractivity contribution >= 4 is 22.8 Å². The molecule has 2 saturated heterocycles. The number of likely N-dealkylation sites (tertiary alicyclic amines) is 1. The summed E-state index contributed by atoms with van der Waals surface area (Å²) in [6, 6.07) is 24.4. The molecule has 3 heterocycles. The first kappa shape index (κ1) is 19.9.